The lowest BCUT2D eigenvalue weighted by molar-refractivity contribution is -0.386. The molecule has 4 N–H and O–H groups in total. The zero-order valence-electron chi connectivity index (χ0n) is 9.95. The Morgan fingerprint density at radius 2 is 1.94 bits per heavy atom. The maximum absolute atomic E-state index is 10.9. The van der Waals surface area contributed by atoms with E-state index in [4.69, 9.17) is 5.73 Å². The first-order valence-electron chi connectivity index (χ1n) is 5.16. The smallest absolute Gasteiger partial charge is 0.275 e. The van der Waals surface area contributed by atoms with Crippen LogP contribution in [0, 0.1) is 24.0 Å². The fourth-order valence-corrected chi connectivity index (χ4v) is 1.81. The average Bonchev–Trinajstić information content (AvgIpc) is 2.25. The van der Waals surface area contributed by atoms with Gasteiger partial charge in [-0.3, -0.25) is 14.9 Å². The number of aryl methyl sites for hydroxylation is 2. The molecule has 1 rings (SSSR count). The standard InChI is InChI=1S/C11H14N2O5/c1-5-3-6(2)8(7(4-5)13(17)18)9(14)10(15)11(12)16/h3-4,9-10,14-15H,1-2H3,(H2,12,16). The molecule has 18 heavy (non-hydrogen) atoms. The number of carbonyl (C=O) groups is 1. The van der Waals surface area contributed by atoms with Gasteiger partial charge < -0.3 is 15.9 Å². The molecule has 1 amide bonds. The van der Waals surface area contributed by atoms with Crippen molar-refractivity contribution in [1.82, 2.24) is 0 Å². The molecular weight excluding hydrogens is 240 g/mol. The lowest BCUT2D eigenvalue weighted by atomic mass is 9.95. The van der Waals surface area contributed by atoms with E-state index in [1.165, 1.54) is 6.07 Å². The van der Waals surface area contributed by atoms with E-state index in [9.17, 15) is 25.1 Å². The lowest BCUT2D eigenvalue weighted by Gasteiger charge is -2.17. The van der Waals surface area contributed by atoms with Crippen molar-refractivity contribution in [3.63, 3.8) is 0 Å². The SMILES string of the molecule is Cc1cc(C)c(C(O)C(O)C(N)=O)c([N+](=O)[O-])c1. The van der Waals surface area contributed by atoms with E-state index in [1.807, 2.05) is 0 Å². The van der Waals surface area contributed by atoms with Gasteiger partial charge in [0, 0.05) is 6.07 Å². The third-order valence-corrected chi connectivity index (χ3v) is 2.59. The van der Waals surface area contributed by atoms with Crippen molar-refractivity contribution in [2.24, 2.45) is 5.73 Å². The Labute approximate surface area is 103 Å². The van der Waals surface area contributed by atoms with Crippen molar-refractivity contribution in [3.05, 3.63) is 38.9 Å². The van der Waals surface area contributed by atoms with Crippen LogP contribution in [0.25, 0.3) is 0 Å². The van der Waals surface area contributed by atoms with Crippen LogP contribution in [0.2, 0.25) is 0 Å². The number of nitro groups is 1. The van der Waals surface area contributed by atoms with Crippen LogP contribution < -0.4 is 5.73 Å². The number of nitrogens with two attached hydrogens (primary N) is 1. The van der Waals surface area contributed by atoms with Gasteiger partial charge in [-0.1, -0.05) is 6.07 Å². The van der Waals surface area contributed by atoms with Gasteiger partial charge in [-0.05, 0) is 25.0 Å². The maximum atomic E-state index is 10.9. The number of amides is 1. The summed E-state index contributed by atoms with van der Waals surface area (Å²) in [6.07, 6.45) is -3.60. The molecule has 0 saturated carbocycles. The molecule has 0 radical (unpaired) electrons. The monoisotopic (exact) mass is 254 g/mol. The predicted octanol–water partition coefficient (Wildman–Crippen LogP) is 0.0912. The highest BCUT2D eigenvalue weighted by Crippen LogP contribution is 2.31. The van der Waals surface area contributed by atoms with E-state index in [2.05, 4.69) is 0 Å². The molecule has 2 unspecified atom stereocenters. The van der Waals surface area contributed by atoms with Gasteiger partial charge in [0.05, 0.1) is 10.5 Å². The van der Waals surface area contributed by atoms with Gasteiger partial charge in [0.15, 0.2) is 6.10 Å². The number of carbonyl (C=O) groups excluding carboxylic acids is 1. The minimum absolute atomic E-state index is 0.100. The zero-order chi connectivity index (χ0) is 14.0. The number of benzene rings is 1. The number of aliphatic hydroxyl groups excluding tert-OH is 2. The highest BCUT2D eigenvalue weighted by molar-refractivity contribution is 5.79. The number of hydrogen-bond acceptors (Lipinski definition) is 5. The summed E-state index contributed by atoms with van der Waals surface area (Å²) in [7, 11) is 0. The molecule has 0 fully saturated rings. The summed E-state index contributed by atoms with van der Waals surface area (Å²) in [4.78, 5) is 21.1. The highest BCUT2D eigenvalue weighted by Gasteiger charge is 2.31. The van der Waals surface area contributed by atoms with E-state index in [1.54, 1.807) is 19.9 Å². The maximum Gasteiger partial charge on any atom is 0.275 e. The minimum atomic E-state index is -1.88. The van der Waals surface area contributed by atoms with Crippen molar-refractivity contribution >= 4 is 11.6 Å². The molecule has 0 aliphatic heterocycles. The van der Waals surface area contributed by atoms with Crippen molar-refractivity contribution in [1.29, 1.82) is 0 Å². The number of nitrogens with zero attached hydrogens (tertiary/aromatic N) is 1. The fraction of sp³-hybridized carbons (Fsp3) is 0.364. The van der Waals surface area contributed by atoms with E-state index < -0.39 is 23.0 Å². The number of primary amides is 1. The molecule has 1 aromatic carbocycles. The van der Waals surface area contributed by atoms with Crippen molar-refractivity contribution in [2.45, 2.75) is 26.1 Å². The Morgan fingerprint density at radius 1 is 1.39 bits per heavy atom. The summed E-state index contributed by atoms with van der Waals surface area (Å²) >= 11 is 0. The first kappa shape index (κ1) is 14.1. The largest absolute Gasteiger partial charge is 0.385 e. The molecule has 7 heteroatoms. The van der Waals surface area contributed by atoms with Gasteiger partial charge in [-0.15, -0.1) is 0 Å². The third kappa shape index (κ3) is 2.63. The van der Waals surface area contributed by atoms with Crippen LogP contribution in [-0.2, 0) is 4.79 Å². The normalized spacial score (nSPS) is 14.0. The molecule has 0 aliphatic carbocycles. The number of aliphatic hydroxyl groups is 2. The van der Waals surface area contributed by atoms with Crippen LogP contribution in [0.1, 0.15) is 22.8 Å². The number of nitro benzene ring substituents is 1. The topological polar surface area (TPSA) is 127 Å². The van der Waals surface area contributed by atoms with Crippen LogP contribution in [0.15, 0.2) is 12.1 Å². The molecule has 0 aromatic heterocycles. The quantitative estimate of drug-likeness (QED) is 0.518. The van der Waals surface area contributed by atoms with Crippen LogP contribution in [0.4, 0.5) is 5.69 Å². The summed E-state index contributed by atoms with van der Waals surface area (Å²) in [6, 6.07) is 2.87. The molecule has 0 bridgehead atoms. The van der Waals surface area contributed by atoms with Crippen molar-refractivity contribution < 1.29 is 19.9 Å². The van der Waals surface area contributed by atoms with E-state index in [0.717, 1.165) is 0 Å². The fourth-order valence-electron chi connectivity index (χ4n) is 1.81. The number of rotatable bonds is 4. The van der Waals surface area contributed by atoms with Gasteiger partial charge in [-0.2, -0.15) is 0 Å². The Balaban J connectivity index is 3.39. The number of hydrogen-bond donors (Lipinski definition) is 3. The predicted molar refractivity (Wildman–Crippen MR) is 62.7 cm³/mol. The van der Waals surface area contributed by atoms with Crippen molar-refractivity contribution in [2.75, 3.05) is 0 Å². The van der Waals surface area contributed by atoms with E-state index in [-0.39, 0.29) is 11.3 Å². The first-order chi connectivity index (χ1) is 8.25. The summed E-state index contributed by atoms with van der Waals surface area (Å²) in [5.41, 5.74) is 5.47. The van der Waals surface area contributed by atoms with Crippen LogP contribution in [-0.4, -0.2) is 27.1 Å². The van der Waals surface area contributed by atoms with E-state index in [0.29, 0.717) is 11.1 Å². The molecular formula is C11H14N2O5. The molecule has 0 spiro atoms. The van der Waals surface area contributed by atoms with Gasteiger partial charge in [0.1, 0.15) is 6.10 Å². The van der Waals surface area contributed by atoms with Crippen LogP contribution in [0.5, 0.6) is 0 Å². The molecule has 7 nitrogen and oxygen atoms in total. The molecule has 98 valence electrons. The molecule has 0 aliphatic rings. The first-order valence-corrected chi connectivity index (χ1v) is 5.16. The molecule has 2 atom stereocenters. The summed E-state index contributed by atoms with van der Waals surface area (Å²) in [5, 5.41) is 30.1. The Morgan fingerprint density at radius 3 is 2.39 bits per heavy atom. The molecule has 1 aromatic rings. The Kier molecular flexibility index (Phi) is 4.00. The lowest BCUT2D eigenvalue weighted by Crippen LogP contribution is -2.34. The second-order valence-electron chi connectivity index (χ2n) is 4.06. The Bertz CT molecular complexity index is 500. The third-order valence-electron chi connectivity index (χ3n) is 2.59. The van der Waals surface area contributed by atoms with Crippen LogP contribution >= 0.6 is 0 Å². The summed E-state index contributed by atoms with van der Waals surface area (Å²) in [5.74, 6) is -1.14. The molecule has 0 heterocycles. The van der Waals surface area contributed by atoms with E-state index >= 15 is 0 Å². The minimum Gasteiger partial charge on any atom is -0.385 e. The summed E-state index contributed by atoms with van der Waals surface area (Å²) in [6.45, 7) is 3.22. The highest BCUT2D eigenvalue weighted by atomic mass is 16.6. The van der Waals surface area contributed by atoms with Gasteiger partial charge >= 0.3 is 0 Å². The van der Waals surface area contributed by atoms with Crippen LogP contribution in [0.3, 0.4) is 0 Å². The molecule has 0 saturated heterocycles. The Hall–Kier alpha value is -1.99. The van der Waals surface area contributed by atoms with Gasteiger partial charge in [0.2, 0.25) is 5.91 Å². The van der Waals surface area contributed by atoms with Gasteiger partial charge in [-0.25, -0.2) is 0 Å². The average molecular weight is 254 g/mol. The summed E-state index contributed by atoms with van der Waals surface area (Å²) < 4.78 is 0. The van der Waals surface area contributed by atoms with Gasteiger partial charge in [0.25, 0.3) is 5.69 Å². The van der Waals surface area contributed by atoms with Crippen molar-refractivity contribution in [3.8, 4) is 0 Å². The second-order valence-corrected chi connectivity index (χ2v) is 4.06. The zero-order valence-corrected chi connectivity index (χ0v) is 9.95. The second kappa shape index (κ2) is 5.11.